The zero-order valence-electron chi connectivity index (χ0n) is 77.0. The molecule has 0 amide bonds. The maximum Gasteiger partial charge on any atom is 0.252 e. The van der Waals surface area contributed by atoms with E-state index in [-0.39, 0.29) is 43.6 Å². The van der Waals surface area contributed by atoms with Crippen molar-refractivity contribution in [1.82, 2.24) is 9.13 Å². The van der Waals surface area contributed by atoms with E-state index in [2.05, 4.69) is 206 Å². The molecule has 0 saturated heterocycles. The number of aromatic nitrogens is 2. The Morgan fingerprint density at radius 1 is 0.262 bits per heavy atom. The highest BCUT2D eigenvalue weighted by Gasteiger charge is 2.47. The van der Waals surface area contributed by atoms with Crippen LogP contribution >= 0.6 is 0 Å². The summed E-state index contributed by atoms with van der Waals surface area (Å²) in [6.07, 6.45) is 0. The molecule has 0 atom stereocenters. The van der Waals surface area contributed by atoms with Crippen molar-refractivity contribution < 1.29 is 21.9 Å². The third kappa shape index (κ3) is 11.0. The van der Waals surface area contributed by atoms with E-state index in [0.717, 1.165) is 123 Å². The molecule has 2 aromatic heterocycles. The van der Waals surface area contributed by atoms with Crippen LogP contribution in [-0.4, -0.2) is 15.8 Å². The molecule has 4 nitrogen and oxygen atoms in total. The van der Waals surface area contributed by atoms with Gasteiger partial charge in [-0.1, -0.05) is 305 Å². The zero-order valence-corrected chi connectivity index (χ0v) is 61.0. The Morgan fingerprint density at radius 2 is 0.551 bits per heavy atom. The average molecular weight is 1390 g/mol. The fraction of sp³-hybridized carbons (Fsp3) is 0.118. The minimum absolute atomic E-state index is 0.0499. The van der Waals surface area contributed by atoms with Gasteiger partial charge >= 0.3 is 0 Å². The minimum atomic E-state index is -0.789. The monoisotopic (exact) mass is 1390 g/mol. The zero-order chi connectivity index (χ0) is 86.5. The molecule has 4 heterocycles. The second-order valence-corrected chi connectivity index (χ2v) is 31.3. The maximum absolute atomic E-state index is 9.98. The van der Waals surface area contributed by atoms with E-state index in [1.807, 2.05) is 109 Å². The molecular formula is C102H83BN4. The van der Waals surface area contributed by atoms with Crippen molar-refractivity contribution in [2.24, 2.45) is 0 Å². The van der Waals surface area contributed by atoms with Crippen molar-refractivity contribution in [3.8, 4) is 78.1 Å². The van der Waals surface area contributed by atoms with Crippen LogP contribution in [-0.2, 0) is 16.2 Å². The number of hydrogen-bond acceptors (Lipinski definition) is 2. The van der Waals surface area contributed by atoms with E-state index in [0.29, 0.717) is 22.7 Å². The molecule has 0 unspecified atom stereocenters. The first kappa shape index (κ1) is 50.1. The Bertz CT molecular complexity index is 7070. The van der Waals surface area contributed by atoms with E-state index in [4.69, 9.17) is 2.74 Å². The third-order valence-electron chi connectivity index (χ3n) is 21.6. The molecular weight excluding hydrogens is 1290 g/mol. The second-order valence-electron chi connectivity index (χ2n) is 31.3. The van der Waals surface area contributed by atoms with Gasteiger partial charge in [0.05, 0.1) is 55.4 Å². The summed E-state index contributed by atoms with van der Waals surface area (Å²) in [7, 11) is 0. The third-order valence-corrected chi connectivity index (χ3v) is 21.6. The van der Waals surface area contributed by atoms with Gasteiger partial charge in [0.1, 0.15) is 0 Å². The second kappa shape index (κ2) is 25.1. The van der Waals surface area contributed by atoms with Crippen molar-refractivity contribution in [3.05, 3.63) is 356 Å². The van der Waals surface area contributed by atoms with Crippen LogP contribution in [0.2, 0.25) is 0 Å². The largest absolute Gasteiger partial charge is 0.310 e. The highest BCUT2D eigenvalue weighted by atomic mass is 15.2. The number of para-hydroxylation sites is 4. The van der Waals surface area contributed by atoms with Crippen LogP contribution < -0.4 is 26.2 Å². The summed E-state index contributed by atoms with van der Waals surface area (Å²) in [5.74, 6) is 0. The lowest BCUT2D eigenvalue weighted by molar-refractivity contribution is 0.590. The Balaban J connectivity index is 1.05. The predicted molar refractivity (Wildman–Crippen MR) is 458 cm³/mol. The lowest BCUT2D eigenvalue weighted by Crippen LogP contribution is -2.61. The molecule has 0 spiro atoms. The van der Waals surface area contributed by atoms with E-state index < -0.39 is 120 Å². The van der Waals surface area contributed by atoms with Crippen molar-refractivity contribution >= 4 is 101 Å². The molecule has 0 N–H and O–H groups in total. The Labute approximate surface area is 651 Å². The summed E-state index contributed by atoms with van der Waals surface area (Å²) >= 11 is 0. The van der Waals surface area contributed by atoms with Crippen molar-refractivity contribution in [2.75, 3.05) is 9.80 Å². The first-order chi connectivity index (χ1) is 58.6. The SMILES string of the molecule is [2H]c1c([2H])c([2H])c2c(c1[2H])c1c([2H])c([2H])c([2H])c([2H])c1n2-c1ccc2c(c1)N(c1c(-c3ccccc3)cc(C(C)(C)C)cc1-c1ccccc1)c1cc(C(C)(C)C)cc3c1B2c1ccc(-n2c4c([2H])c([2H])c([2H])c([2H])c4c4c([2H])c([2H])c([2H])c([2H])c42)cc1N3c1c(-c2cccc(-c3ccccc3)c2)cc(C(C)(C)C)cc1-c1cccc(-c2ccccc2)c1. The summed E-state index contributed by atoms with van der Waals surface area (Å²) in [6.45, 7) is 19.1. The molecule has 2 aliphatic heterocycles. The number of rotatable bonds is 10. The minimum Gasteiger partial charge on any atom is -0.310 e. The van der Waals surface area contributed by atoms with Crippen LogP contribution in [0, 0.1) is 0 Å². The van der Waals surface area contributed by atoms with E-state index in [9.17, 15) is 19.2 Å². The summed E-state index contributed by atoms with van der Waals surface area (Å²) in [5, 5.41) is -0.296. The highest BCUT2D eigenvalue weighted by Crippen LogP contribution is 2.56. The molecule has 17 aromatic rings. The van der Waals surface area contributed by atoms with E-state index >= 15 is 0 Å². The number of fused-ring (bicyclic) bond motifs is 10. The Morgan fingerprint density at radius 3 is 0.888 bits per heavy atom. The fourth-order valence-corrected chi connectivity index (χ4v) is 16.2. The van der Waals surface area contributed by atoms with Crippen LogP contribution in [0.25, 0.3) is 122 Å². The standard InChI is InChI=1S/C102H83BN4/c1-100(2,3)74-58-83(68-36-18-12-19-37-68)98(84(59-74)69-38-20-13-21-39-69)106-93-64-77(104-89-48-26-22-44-79(89)80-45-23-27-49-90(80)104)52-54-87(93)103-88-55-53-78(105-91-50-28-24-46-81(91)82-47-25-29-51-92(82)105)65-94(88)107(96-63-76(102(7,8)9)62-95(106)97(96)103)99-85(72-42-30-40-70(56-72)66-32-14-10-15-33-66)60-75(101(4,5)6)61-86(99)73-43-31-41-71(57-73)67-34-16-11-17-35-67/h10-65H,1-9H3/i22D,23D,24D,25D,26D,27D,28D,29D,44D,45D,46D,47D,48D,49D,50D,51D. The molecule has 15 aromatic carbocycles. The van der Waals surface area contributed by atoms with Gasteiger partial charge in [0.2, 0.25) is 0 Å². The topological polar surface area (TPSA) is 16.3 Å². The van der Waals surface area contributed by atoms with Crippen molar-refractivity contribution in [2.45, 2.75) is 78.6 Å². The van der Waals surface area contributed by atoms with Crippen LogP contribution in [0.3, 0.4) is 0 Å². The molecule has 0 aliphatic carbocycles. The maximum atomic E-state index is 9.98. The molecule has 5 heteroatoms. The van der Waals surface area contributed by atoms with Crippen molar-refractivity contribution in [1.29, 1.82) is 0 Å². The van der Waals surface area contributed by atoms with Crippen LogP contribution in [0.15, 0.2) is 339 Å². The van der Waals surface area contributed by atoms with Gasteiger partial charge in [0.15, 0.2) is 0 Å². The van der Waals surface area contributed by atoms with Crippen LogP contribution in [0.4, 0.5) is 34.1 Å². The molecule has 2 aliphatic rings. The quantitative estimate of drug-likeness (QED) is 0.127. The molecule has 107 heavy (non-hydrogen) atoms. The fourth-order valence-electron chi connectivity index (χ4n) is 16.2. The van der Waals surface area contributed by atoms with Gasteiger partial charge in [-0.15, -0.1) is 0 Å². The molecule has 514 valence electrons. The van der Waals surface area contributed by atoms with Gasteiger partial charge in [-0.25, -0.2) is 0 Å². The summed E-state index contributed by atoms with van der Waals surface area (Å²) in [6, 6.07) is 75.9. The summed E-state index contributed by atoms with van der Waals surface area (Å²) in [5.41, 5.74) is 19.3. The normalized spacial score (nSPS) is 14.9. The number of anilines is 6. The highest BCUT2D eigenvalue weighted by molar-refractivity contribution is 7.00. The van der Waals surface area contributed by atoms with Gasteiger partial charge in [0.25, 0.3) is 6.71 Å². The first-order valence-electron chi connectivity index (χ1n) is 44.5. The van der Waals surface area contributed by atoms with Gasteiger partial charge in [-0.3, -0.25) is 0 Å². The van der Waals surface area contributed by atoms with Gasteiger partial charge < -0.3 is 18.9 Å². The van der Waals surface area contributed by atoms with E-state index in [1.54, 1.807) is 9.13 Å². The van der Waals surface area contributed by atoms with Crippen LogP contribution in [0.5, 0.6) is 0 Å². The Hall–Kier alpha value is -12.4. The van der Waals surface area contributed by atoms with Gasteiger partial charge in [-0.05, 0) is 191 Å². The average Bonchev–Trinajstić information content (AvgIpc) is 1.55. The summed E-state index contributed by atoms with van der Waals surface area (Å²) in [4.78, 5) is 4.73. The van der Waals surface area contributed by atoms with Gasteiger partial charge in [-0.2, -0.15) is 0 Å². The lowest BCUT2D eigenvalue weighted by atomic mass is 9.33. The molecule has 0 radical (unpaired) electrons. The summed E-state index contributed by atoms with van der Waals surface area (Å²) < 4.78 is 156. The number of hydrogen-bond donors (Lipinski definition) is 0. The molecule has 0 fully saturated rings. The van der Waals surface area contributed by atoms with Crippen molar-refractivity contribution in [3.63, 3.8) is 0 Å². The Kier molecular flexibility index (Phi) is 11.8. The van der Waals surface area contributed by atoms with Crippen LogP contribution in [0.1, 0.15) is 101 Å². The first-order valence-corrected chi connectivity index (χ1v) is 36.5. The molecule has 19 rings (SSSR count). The van der Waals surface area contributed by atoms with Gasteiger partial charge in [0, 0.05) is 77.9 Å². The lowest BCUT2D eigenvalue weighted by Gasteiger charge is -2.47. The number of benzene rings is 15. The molecule has 0 bridgehead atoms. The number of nitrogens with zero attached hydrogens (tertiary/aromatic N) is 4. The molecule has 0 saturated carbocycles. The smallest absolute Gasteiger partial charge is 0.252 e. The van der Waals surface area contributed by atoms with E-state index in [1.165, 1.54) is 0 Å². The predicted octanol–water partition coefficient (Wildman–Crippen LogP) is 25.9.